The van der Waals surface area contributed by atoms with Crippen LogP contribution in [0.15, 0.2) is 23.1 Å². The summed E-state index contributed by atoms with van der Waals surface area (Å²) in [5.74, 6) is 0. The van der Waals surface area contributed by atoms with Crippen molar-refractivity contribution in [3.05, 3.63) is 29.3 Å². The van der Waals surface area contributed by atoms with Crippen LogP contribution in [0.2, 0.25) is 0 Å². The van der Waals surface area contributed by atoms with Crippen LogP contribution in [0, 0.1) is 13.8 Å². The number of aryl methyl sites for hydroxylation is 2. The second-order valence-corrected chi connectivity index (χ2v) is 4.13. The van der Waals surface area contributed by atoms with Crippen molar-refractivity contribution < 1.29 is 44.0 Å². The number of rotatable bonds is 1. The van der Waals surface area contributed by atoms with E-state index in [0.29, 0.717) is 5.56 Å². The van der Waals surface area contributed by atoms with Gasteiger partial charge in [0.25, 0.3) is 10.1 Å². The summed E-state index contributed by atoms with van der Waals surface area (Å²) in [5.41, 5.74) is 1.37. The summed E-state index contributed by atoms with van der Waals surface area (Å²) in [6.45, 7) is 3.41. The number of hydrogen-bond acceptors (Lipinski definition) is 2. The van der Waals surface area contributed by atoms with E-state index < -0.39 is 10.1 Å². The Bertz CT molecular complexity index is 403. The first-order chi connectivity index (χ1) is 5.41. The van der Waals surface area contributed by atoms with Gasteiger partial charge in [-0.05, 0) is 31.0 Å². The van der Waals surface area contributed by atoms with Gasteiger partial charge in [-0.1, -0.05) is 12.1 Å². The van der Waals surface area contributed by atoms with Gasteiger partial charge in [0.15, 0.2) is 0 Å². The maximum absolute atomic E-state index is 10.8. The molecule has 0 radical (unpaired) electrons. The van der Waals surface area contributed by atoms with Crippen LogP contribution in [0.5, 0.6) is 0 Å². The van der Waals surface area contributed by atoms with Gasteiger partial charge in [0.2, 0.25) is 0 Å². The molecule has 0 heterocycles. The third kappa shape index (κ3) is 3.40. The van der Waals surface area contributed by atoms with Crippen molar-refractivity contribution in [1.82, 2.24) is 0 Å². The zero-order valence-electron chi connectivity index (χ0n) is 8.90. The minimum Gasteiger partial charge on any atom is -1.00 e. The molecule has 1 aromatic carbocycles. The van der Waals surface area contributed by atoms with Gasteiger partial charge < -0.3 is 1.43 Å². The van der Waals surface area contributed by atoms with Crippen molar-refractivity contribution >= 4 is 10.1 Å². The smallest absolute Gasteiger partial charge is 1.00 e. The van der Waals surface area contributed by atoms with Crippen molar-refractivity contribution in [2.45, 2.75) is 18.7 Å². The van der Waals surface area contributed by atoms with E-state index in [0.717, 1.165) is 5.56 Å². The second-order valence-electron chi connectivity index (χ2n) is 2.74. The molecule has 0 saturated heterocycles. The summed E-state index contributed by atoms with van der Waals surface area (Å²) in [6, 6.07) is 4.91. The van der Waals surface area contributed by atoms with Crippen LogP contribution in [0.25, 0.3) is 0 Å². The summed E-state index contributed by atoms with van der Waals surface area (Å²) in [7, 11) is -4.06. The minimum absolute atomic E-state index is 0. The molecule has 1 aromatic rings. The largest absolute Gasteiger partial charge is 1.00 e. The molecule has 0 saturated carbocycles. The van der Waals surface area contributed by atoms with Gasteiger partial charge in [-0.3, -0.25) is 4.55 Å². The van der Waals surface area contributed by atoms with E-state index in [9.17, 15) is 8.42 Å². The Hall–Kier alpha value is 0.130. The quantitative estimate of drug-likeness (QED) is 0.461. The van der Waals surface area contributed by atoms with E-state index in [1.54, 1.807) is 26.0 Å². The molecule has 0 aliphatic rings. The van der Waals surface area contributed by atoms with Gasteiger partial charge in [-0.2, -0.15) is 8.42 Å². The zero-order chi connectivity index (χ0) is 9.35. The molecule has 0 fully saturated rings. The molecule has 1 N–H and O–H groups in total. The Balaban J connectivity index is 0. The van der Waals surface area contributed by atoms with Crippen molar-refractivity contribution in [2.75, 3.05) is 0 Å². The van der Waals surface area contributed by atoms with Gasteiger partial charge in [0.1, 0.15) is 0 Å². The van der Waals surface area contributed by atoms with E-state index in [1.165, 1.54) is 6.07 Å². The second kappa shape index (κ2) is 4.57. The average molecular weight is 210 g/mol. The molecule has 0 aliphatic heterocycles. The molecular formula is C8H11NaO3S. The maximum Gasteiger partial charge on any atom is 1.00 e. The van der Waals surface area contributed by atoms with Gasteiger partial charge in [-0.15, -0.1) is 0 Å². The zero-order valence-corrected chi connectivity index (χ0v) is 10.7. The van der Waals surface area contributed by atoms with E-state index in [4.69, 9.17) is 4.55 Å². The fraction of sp³-hybridized carbons (Fsp3) is 0.250. The van der Waals surface area contributed by atoms with Gasteiger partial charge >= 0.3 is 29.6 Å². The standard InChI is InChI=1S/C8H10O3S.Na.H/c1-6-3-4-7(2)8(5-6)12(9,10)11;;/h3-5H,1-2H3,(H,9,10,11);;/q;+1;-1. The van der Waals surface area contributed by atoms with Crippen LogP contribution < -0.4 is 29.6 Å². The van der Waals surface area contributed by atoms with Crippen LogP contribution >= 0.6 is 0 Å². The average Bonchev–Trinajstić information content (AvgIpc) is 1.92. The Labute approximate surface area is 102 Å². The predicted molar refractivity (Wildman–Crippen MR) is 46.8 cm³/mol. The SMILES string of the molecule is Cc1ccc(C)c(S(=O)(=O)O)c1.[H-].[Na+]. The summed E-state index contributed by atoms with van der Waals surface area (Å²) in [5, 5.41) is 0. The maximum atomic E-state index is 10.8. The third-order valence-corrected chi connectivity index (χ3v) is 2.62. The first-order valence-corrected chi connectivity index (χ1v) is 4.90. The fourth-order valence-corrected chi connectivity index (χ4v) is 1.79. The Morgan fingerprint density at radius 1 is 1.31 bits per heavy atom. The summed E-state index contributed by atoms with van der Waals surface area (Å²) in [6.07, 6.45) is 0. The molecule has 0 atom stereocenters. The normalized spacial score (nSPS) is 10.7. The molecule has 0 unspecified atom stereocenters. The van der Waals surface area contributed by atoms with Crippen molar-refractivity contribution in [1.29, 1.82) is 0 Å². The van der Waals surface area contributed by atoms with Crippen molar-refractivity contribution in [2.24, 2.45) is 0 Å². The number of benzene rings is 1. The molecule has 5 heteroatoms. The Morgan fingerprint density at radius 2 is 1.85 bits per heavy atom. The fourth-order valence-electron chi connectivity index (χ4n) is 0.985. The summed E-state index contributed by atoms with van der Waals surface area (Å²) < 4.78 is 30.3. The third-order valence-electron chi connectivity index (χ3n) is 1.62. The van der Waals surface area contributed by atoms with Crippen molar-refractivity contribution in [3.8, 4) is 0 Å². The van der Waals surface area contributed by atoms with Crippen LogP contribution in [-0.4, -0.2) is 13.0 Å². The molecule has 1 rings (SSSR count). The van der Waals surface area contributed by atoms with Crippen LogP contribution in [0.3, 0.4) is 0 Å². The Morgan fingerprint density at radius 3 is 2.23 bits per heavy atom. The minimum atomic E-state index is -4.06. The van der Waals surface area contributed by atoms with Gasteiger partial charge in [-0.25, -0.2) is 0 Å². The van der Waals surface area contributed by atoms with Crippen molar-refractivity contribution in [3.63, 3.8) is 0 Å². The summed E-state index contributed by atoms with van der Waals surface area (Å²) >= 11 is 0. The molecule has 3 nitrogen and oxygen atoms in total. The Kier molecular flexibility index (Phi) is 4.62. The van der Waals surface area contributed by atoms with E-state index in [-0.39, 0.29) is 35.9 Å². The molecule has 13 heavy (non-hydrogen) atoms. The number of hydrogen-bond donors (Lipinski definition) is 1. The first kappa shape index (κ1) is 13.1. The molecule has 68 valence electrons. The molecular weight excluding hydrogens is 199 g/mol. The molecule has 0 aromatic heterocycles. The van der Waals surface area contributed by atoms with Gasteiger partial charge in [0, 0.05) is 0 Å². The van der Waals surface area contributed by atoms with E-state index in [2.05, 4.69) is 0 Å². The van der Waals surface area contributed by atoms with Crippen LogP contribution in [0.1, 0.15) is 12.6 Å². The van der Waals surface area contributed by atoms with Crippen LogP contribution in [-0.2, 0) is 10.1 Å². The first-order valence-electron chi connectivity index (χ1n) is 3.46. The molecule has 0 spiro atoms. The monoisotopic (exact) mass is 210 g/mol. The molecule has 0 bridgehead atoms. The van der Waals surface area contributed by atoms with Gasteiger partial charge in [0.05, 0.1) is 4.90 Å². The molecule has 0 amide bonds. The van der Waals surface area contributed by atoms with Crippen LogP contribution in [0.4, 0.5) is 0 Å². The summed E-state index contributed by atoms with van der Waals surface area (Å²) in [4.78, 5) is -0.0116. The topological polar surface area (TPSA) is 54.4 Å². The predicted octanol–water partition coefficient (Wildman–Crippen LogP) is -1.33. The van der Waals surface area contributed by atoms with E-state index in [1.807, 2.05) is 0 Å². The molecule has 0 aliphatic carbocycles. The van der Waals surface area contributed by atoms with E-state index >= 15 is 0 Å².